The number of rotatable bonds is 12. The molecule has 1 heterocycles. The number of hydrogen-bond donors (Lipinski definition) is 1. The van der Waals surface area contributed by atoms with Gasteiger partial charge in [0.2, 0.25) is 5.75 Å². The quantitative estimate of drug-likeness (QED) is 0.404. The molecule has 1 aliphatic heterocycles. The molecule has 2 amide bonds. The second kappa shape index (κ2) is 12.3. The van der Waals surface area contributed by atoms with Gasteiger partial charge in [-0.05, 0) is 64.4 Å². The maximum Gasteiger partial charge on any atom is 0.267 e. The molecular weight excluding hydrogens is 448 g/mol. The van der Waals surface area contributed by atoms with Crippen LogP contribution in [0.2, 0.25) is 0 Å². The molecule has 8 nitrogen and oxygen atoms in total. The fourth-order valence-corrected chi connectivity index (χ4v) is 3.96. The summed E-state index contributed by atoms with van der Waals surface area (Å²) in [6.45, 7) is 11.4. The summed E-state index contributed by atoms with van der Waals surface area (Å²) in [7, 11) is 0. The van der Waals surface area contributed by atoms with Crippen LogP contribution in [0.5, 0.6) is 23.0 Å². The molecule has 0 saturated carbocycles. The molecule has 3 rings (SSSR count). The number of carbonyl (C=O) groups is 2. The average molecular weight is 485 g/mol. The van der Waals surface area contributed by atoms with E-state index in [-0.39, 0.29) is 11.8 Å². The molecule has 0 spiro atoms. The molecule has 1 N–H and O–H groups in total. The highest BCUT2D eigenvalue weighted by molar-refractivity contribution is 6.06. The van der Waals surface area contributed by atoms with Crippen LogP contribution < -0.4 is 29.2 Å². The first kappa shape index (κ1) is 26.2. The van der Waals surface area contributed by atoms with Crippen LogP contribution >= 0.6 is 0 Å². The second-order valence-electron chi connectivity index (χ2n) is 8.19. The number of benzene rings is 2. The predicted octanol–water partition coefficient (Wildman–Crippen LogP) is 5.44. The Balaban J connectivity index is 1.89. The van der Waals surface area contributed by atoms with Crippen LogP contribution in [-0.2, 0) is 4.79 Å². The Morgan fingerprint density at radius 3 is 2.23 bits per heavy atom. The largest absolute Gasteiger partial charge is 0.490 e. The van der Waals surface area contributed by atoms with Crippen molar-refractivity contribution in [1.82, 2.24) is 0 Å². The first-order valence-corrected chi connectivity index (χ1v) is 12.4. The van der Waals surface area contributed by atoms with Gasteiger partial charge < -0.3 is 29.2 Å². The Bertz CT molecular complexity index is 1010. The van der Waals surface area contributed by atoms with Gasteiger partial charge in [-0.2, -0.15) is 0 Å². The van der Waals surface area contributed by atoms with Gasteiger partial charge in [-0.3, -0.25) is 9.59 Å². The summed E-state index contributed by atoms with van der Waals surface area (Å²) < 4.78 is 23.0. The highest BCUT2D eigenvalue weighted by Gasteiger charge is 2.31. The number of ether oxygens (including phenoxy) is 4. The minimum absolute atomic E-state index is 0.0775. The van der Waals surface area contributed by atoms with E-state index in [1.54, 1.807) is 42.2 Å². The third-order valence-corrected chi connectivity index (χ3v) is 5.58. The fourth-order valence-electron chi connectivity index (χ4n) is 3.96. The number of nitrogens with zero attached hydrogens (tertiary/aromatic N) is 1. The standard InChI is InChI=1S/C27H36N2O6/c1-6-10-11-14-29-21-17-20(12-13-22(21)35-18(5)27(29)31)28-26(30)19-15-23(32-7-2)25(34-9-4)24(16-19)33-8-3/h12-13,15-18H,6-11,14H2,1-5H3,(H,28,30). The van der Waals surface area contributed by atoms with E-state index < -0.39 is 6.10 Å². The third-order valence-electron chi connectivity index (χ3n) is 5.58. The van der Waals surface area contributed by atoms with Crippen LogP contribution in [-0.4, -0.2) is 44.3 Å². The highest BCUT2D eigenvalue weighted by atomic mass is 16.5. The Labute approximate surface area is 207 Å². The number of carbonyl (C=O) groups excluding carboxylic acids is 2. The Hall–Kier alpha value is -3.42. The van der Waals surface area contributed by atoms with E-state index in [1.165, 1.54) is 0 Å². The van der Waals surface area contributed by atoms with E-state index in [1.807, 2.05) is 20.8 Å². The molecule has 190 valence electrons. The van der Waals surface area contributed by atoms with Crippen molar-refractivity contribution in [3.63, 3.8) is 0 Å². The molecule has 0 aliphatic carbocycles. The van der Waals surface area contributed by atoms with E-state index in [9.17, 15) is 9.59 Å². The van der Waals surface area contributed by atoms with Crippen molar-refractivity contribution in [1.29, 1.82) is 0 Å². The van der Waals surface area contributed by atoms with Gasteiger partial charge in [-0.1, -0.05) is 19.8 Å². The van der Waals surface area contributed by atoms with Crippen molar-refractivity contribution in [3.05, 3.63) is 35.9 Å². The molecule has 1 atom stereocenters. The number of nitrogens with one attached hydrogen (secondary N) is 1. The van der Waals surface area contributed by atoms with Crippen LogP contribution in [0.25, 0.3) is 0 Å². The lowest BCUT2D eigenvalue weighted by Crippen LogP contribution is -2.44. The van der Waals surface area contributed by atoms with E-state index in [4.69, 9.17) is 18.9 Å². The first-order valence-electron chi connectivity index (χ1n) is 12.4. The maximum absolute atomic E-state index is 13.2. The molecule has 35 heavy (non-hydrogen) atoms. The molecule has 2 aromatic carbocycles. The lowest BCUT2D eigenvalue weighted by molar-refractivity contribution is -0.125. The summed E-state index contributed by atoms with van der Waals surface area (Å²) >= 11 is 0. The zero-order chi connectivity index (χ0) is 25.4. The highest BCUT2D eigenvalue weighted by Crippen LogP contribution is 2.40. The molecule has 0 aromatic heterocycles. The molecule has 8 heteroatoms. The summed E-state index contributed by atoms with van der Waals surface area (Å²) in [5, 5.41) is 2.93. The predicted molar refractivity (Wildman–Crippen MR) is 136 cm³/mol. The van der Waals surface area contributed by atoms with Crippen molar-refractivity contribution >= 4 is 23.2 Å². The van der Waals surface area contributed by atoms with Gasteiger partial charge in [-0.15, -0.1) is 0 Å². The molecule has 0 radical (unpaired) electrons. The van der Waals surface area contributed by atoms with E-state index >= 15 is 0 Å². The third kappa shape index (κ3) is 6.18. The molecule has 0 bridgehead atoms. The van der Waals surface area contributed by atoms with Gasteiger partial charge >= 0.3 is 0 Å². The summed E-state index contributed by atoms with van der Waals surface area (Å²) in [6, 6.07) is 8.64. The minimum Gasteiger partial charge on any atom is -0.490 e. The number of fused-ring (bicyclic) bond motifs is 1. The van der Waals surface area contributed by atoms with E-state index in [0.717, 1.165) is 19.3 Å². The van der Waals surface area contributed by atoms with Crippen LogP contribution in [0, 0.1) is 0 Å². The Morgan fingerprint density at radius 2 is 1.63 bits per heavy atom. The van der Waals surface area contributed by atoms with Gasteiger partial charge in [0.25, 0.3) is 11.8 Å². The van der Waals surface area contributed by atoms with Crippen molar-refractivity contribution in [2.75, 3.05) is 36.6 Å². The van der Waals surface area contributed by atoms with Crippen molar-refractivity contribution in [2.45, 2.75) is 60.0 Å². The zero-order valence-corrected chi connectivity index (χ0v) is 21.3. The average Bonchev–Trinajstić information content (AvgIpc) is 2.84. The smallest absolute Gasteiger partial charge is 0.267 e. The van der Waals surface area contributed by atoms with Gasteiger partial charge in [-0.25, -0.2) is 0 Å². The summed E-state index contributed by atoms with van der Waals surface area (Å²) in [5.74, 6) is 1.60. The number of hydrogen-bond acceptors (Lipinski definition) is 6. The van der Waals surface area contributed by atoms with Gasteiger partial charge in [0, 0.05) is 17.8 Å². The van der Waals surface area contributed by atoms with Crippen molar-refractivity contribution in [3.8, 4) is 23.0 Å². The summed E-state index contributed by atoms with van der Waals surface area (Å²) in [4.78, 5) is 27.7. The summed E-state index contributed by atoms with van der Waals surface area (Å²) in [5.41, 5.74) is 1.60. The van der Waals surface area contributed by atoms with Crippen LogP contribution in [0.4, 0.5) is 11.4 Å². The van der Waals surface area contributed by atoms with Crippen LogP contribution in [0.3, 0.4) is 0 Å². The lowest BCUT2D eigenvalue weighted by Gasteiger charge is -2.33. The molecule has 0 fully saturated rings. The van der Waals surface area contributed by atoms with Gasteiger partial charge in [0.05, 0.1) is 25.5 Å². The van der Waals surface area contributed by atoms with Crippen LogP contribution in [0.1, 0.15) is 64.2 Å². The maximum atomic E-state index is 13.2. The molecule has 1 unspecified atom stereocenters. The Kier molecular flexibility index (Phi) is 9.23. The molecule has 2 aromatic rings. The number of amides is 2. The van der Waals surface area contributed by atoms with Gasteiger partial charge in [0.1, 0.15) is 5.75 Å². The fraction of sp³-hybridized carbons (Fsp3) is 0.481. The van der Waals surface area contributed by atoms with Crippen molar-refractivity contribution in [2.24, 2.45) is 0 Å². The number of anilines is 2. The molecule has 0 saturated heterocycles. The summed E-state index contributed by atoms with van der Waals surface area (Å²) in [6.07, 6.45) is 2.46. The molecular formula is C27H36N2O6. The first-order chi connectivity index (χ1) is 16.9. The topological polar surface area (TPSA) is 86.3 Å². The lowest BCUT2D eigenvalue weighted by atomic mass is 10.1. The minimum atomic E-state index is -0.539. The SMILES string of the molecule is CCCCCN1C(=O)C(C)Oc2ccc(NC(=O)c3cc(OCC)c(OCC)c(OCC)c3)cc21. The number of unbranched alkanes of at least 4 members (excludes halogenated alkanes) is 2. The van der Waals surface area contributed by atoms with E-state index in [2.05, 4.69) is 12.2 Å². The normalized spacial score (nSPS) is 14.7. The van der Waals surface area contributed by atoms with Crippen molar-refractivity contribution < 1.29 is 28.5 Å². The Morgan fingerprint density at radius 1 is 0.971 bits per heavy atom. The van der Waals surface area contributed by atoms with E-state index in [0.29, 0.717) is 66.3 Å². The zero-order valence-electron chi connectivity index (χ0n) is 21.3. The second-order valence-corrected chi connectivity index (χ2v) is 8.19. The molecule has 1 aliphatic rings. The monoisotopic (exact) mass is 484 g/mol. The van der Waals surface area contributed by atoms with Crippen LogP contribution in [0.15, 0.2) is 30.3 Å². The van der Waals surface area contributed by atoms with Gasteiger partial charge in [0.15, 0.2) is 17.6 Å².